The molecular weight excluding hydrogens is 425 g/mol. The number of nitrogens with one attached hydrogen (secondary N) is 1. The number of pyridine rings is 1. The van der Waals surface area contributed by atoms with E-state index >= 15 is 0 Å². The number of nitrogen functional groups attached to an aromatic ring is 1. The van der Waals surface area contributed by atoms with E-state index in [0.29, 0.717) is 35.4 Å². The first-order valence-corrected chi connectivity index (χ1v) is 10.4. The monoisotopic (exact) mass is 449 g/mol. The molecule has 0 radical (unpaired) electrons. The molecule has 8 nitrogen and oxygen atoms in total. The minimum atomic E-state index is -0.522. The Morgan fingerprint density at radius 2 is 2.09 bits per heavy atom. The van der Waals surface area contributed by atoms with Gasteiger partial charge in [-0.1, -0.05) is 0 Å². The summed E-state index contributed by atoms with van der Waals surface area (Å²) in [6.45, 7) is 2.65. The number of carbonyl (C=O) groups excluding carboxylic acids is 1. The second-order valence-corrected chi connectivity index (χ2v) is 7.44. The number of ether oxygens (including phenoxy) is 2. The number of hydrogen-bond acceptors (Lipinski definition) is 6. The molecule has 3 N–H and O–H groups in total. The summed E-state index contributed by atoms with van der Waals surface area (Å²) in [5, 5.41) is 7.69. The Kier molecular flexibility index (Phi) is 6.50. The van der Waals surface area contributed by atoms with Crippen LogP contribution in [0, 0.1) is 5.82 Å². The van der Waals surface area contributed by atoms with Gasteiger partial charge in [-0.25, -0.2) is 14.1 Å². The normalized spacial score (nSPS) is 12.0. The predicted molar refractivity (Wildman–Crippen MR) is 123 cm³/mol. The van der Waals surface area contributed by atoms with E-state index in [-0.39, 0.29) is 17.5 Å². The summed E-state index contributed by atoms with van der Waals surface area (Å²) >= 11 is 0. The van der Waals surface area contributed by atoms with Crippen LogP contribution in [-0.4, -0.2) is 40.9 Å². The Balaban J connectivity index is 1.68. The van der Waals surface area contributed by atoms with Gasteiger partial charge in [-0.05, 0) is 55.5 Å². The number of halogens is 1. The molecule has 0 saturated carbocycles. The van der Waals surface area contributed by atoms with E-state index in [4.69, 9.17) is 15.2 Å². The van der Waals surface area contributed by atoms with E-state index < -0.39 is 6.10 Å². The molecule has 0 spiro atoms. The van der Waals surface area contributed by atoms with E-state index in [2.05, 4.69) is 15.4 Å². The molecular formula is C24H24FN5O3. The predicted octanol–water partition coefficient (Wildman–Crippen LogP) is 3.66. The average Bonchev–Trinajstić information content (AvgIpc) is 3.34. The number of benzene rings is 2. The van der Waals surface area contributed by atoms with Crippen LogP contribution >= 0.6 is 0 Å². The Morgan fingerprint density at radius 1 is 1.24 bits per heavy atom. The maximum Gasteiger partial charge on any atom is 0.251 e. The van der Waals surface area contributed by atoms with Crippen LogP contribution in [-0.2, 0) is 4.74 Å². The highest BCUT2D eigenvalue weighted by Crippen LogP contribution is 2.32. The van der Waals surface area contributed by atoms with Crippen LogP contribution in [0.4, 0.5) is 10.2 Å². The van der Waals surface area contributed by atoms with Gasteiger partial charge in [-0.15, -0.1) is 0 Å². The summed E-state index contributed by atoms with van der Waals surface area (Å²) in [6, 6.07) is 13.0. The standard InChI is InChI=1S/C24H24FN5O3/c1-15(33-22-14-17-12-18(25)5-6-20(17)29-23(22)26)19-13-16(24(31)27-9-11-32-2)4-7-21(19)30-10-3-8-28-30/h3-8,10,12-15H,9,11H2,1-2H3,(H2,26,29)(H,27,31). The Bertz CT molecular complexity index is 1280. The smallest absolute Gasteiger partial charge is 0.251 e. The van der Waals surface area contributed by atoms with Crippen molar-refractivity contribution in [3.05, 3.63) is 77.9 Å². The zero-order valence-electron chi connectivity index (χ0n) is 18.3. The maximum absolute atomic E-state index is 13.7. The van der Waals surface area contributed by atoms with Crippen molar-refractivity contribution in [1.82, 2.24) is 20.1 Å². The third-order valence-electron chi connectivity index (χ3n) is 5.14. The average molecular weight is 449 g/mol. The lowest BCUT2D eigenvalue weighted by Crippen LogP contribution is -2.27. The molecule has 1 atom stereocenters. The van der Waals surface area contributed by atoms with Crippen LogP contribution in [0.2, 0.25) is 0 Å². The Hall–Kier alpha value is -3.98. The number of nitrogens with two attached hydrogens (primary N) is 1. The third kappa shape index (κ3) is 4.93. The molecule has 1 amide bonds. The number of rotatable bonds is 8. The van der Waals surface area contributed by atoms with Gasteiger partial charge in [-0.2, -0.15) is 5.10 Å². The van der Waals surface area contributed by atoms with Gasteiger partial charge in [0.25, 0.3) is 5.91 Å². The van der Waals surface area contributed by atoms with Crippen LogP contribution in [0.25, 0.3) is 16.6 Å². The lowest BCUT2D eigenvalue weighted by atomic mass is 10.0. The van der Waals surface area contributed by atoms with Crippen LogP contribution in [0.1, 0.15) is 28.9 Å². The van der Waals surface area contributed by atoms with Gasteiger partial charge in [0.2, 0.25) is 0 Å². The number of nitrogens with zero attached hydrogens (tertiary/aromatic N) is 3. The maximum atomic E-state index is 13.7. The van der Waals surface area contributed by atoms with Gasteiger partial charge in [0.1, 0.15) is 11.9 Å². The van der Waals surface area contributed by atoms with Crippen molar-refractivity contribution in [2.75, 3.05) is 26.0 Å². The Labute approximate surface area is 190 Å². The van der Waals surface area contributed by atoms with Crippen LogP contribution in [0.3, 0.4) is 0 Å². The van der Waals surface area contributed by atoms with Gasteiger partial charge in [0.15, 0.2) is 11.6 Å². The first kappa shape index (κ1) is 22.2. The van der Waals surface area contributed by atoms with Gasteiger partial charge in [0.05, 0.1) is 17.8 Å². The molecule has 0 aliphatic heterocycles. The lowest BCUT2D eigenvalue weighted by Gasteiger charge is -2.20. The SMILES string of the molecule is COCCNC(=O)c1ccc(-n2cccn2)c(C(C)Oc2cc3cc(F)ccc3nc2N)c1. The number of methoxy groups -OCH3 is 1. The molecule has 0 aliphatic carbocycles. The molecule has 1 unspecified atom stereocenters. The number of fused-ring (bicyclic) bond motifs is 1. The minimum absolute atomic E-state index is 0.190. The van der Waals surface area contributed by atoms with Crippen molar-refractivity contribution in [2.24, 2.45) is 0 Å². The highest BCUT2D eigenvalue weighted by atomic mass is 19.1. The van der Waals surface area contributed by atoms with Gasteiger partial charge < -0.3 is 20.5 Å². The second kappa shape index (κ2) is 9.66. The number of aromatic nitrogens is 3. The summed E-state index contributed by atoms with van der Waals surface area (Å²) in [7, 11) is 1.57. The molecule has 0 fully saturated rings. The molecule has 0 aliphatic rings. The molecule has 0 saturated heterocycles. The number of hydrogen-bond donors (Lipinski definition) is 2. The molecule has 9 heteroatoms. The van der Waals surface area contributed by atoms with Crippen molar-refractivity contribution in [1.29, 1.82) is 0 Å². The third-order valence-corrected chi connectivity index (χ3v) is 5.14. The quantitative estimate of drug-likeness (QED) is 0.398. The van der Waals surface area contributed by atoms with E-state index in [9.17, 15) is 9.18 Å². The largest absolute Gasteiger partial charge is 0.482 e. The fourth-order valence-corrected chi connectivity index (χ4v) is 3.50. The summed E-state index contributed by atoms with van der Waals surface area (Å²) in [6.07, 6.45) is 2.95. The van der Waals surface area contributed by atoms with E-state index in [1.807, 2.05) is 13.0 Å². The van der Waals surface area contributed by atoms with Crippen LogP contribution < -0.4 is 15.8 Å². The van der Waals surface area contributed by atoms with Crippen molar-refractivity contribution < 1.29 is 18.7 Å². The lowest BCUT2D eigenvalue weighted by molar-refractivity contribution is 0.0937. The molecule has 4 aromatic rings. The first-order chi connectivity index (χ1) is 16.0. The van der Waals surface area contributed by atoms with Crippen LogP contribution in [0.15, 0.2) is 60.9 Å². The zero-order chi connectivity index (χ0) is 23.4. The molecule has 0 bridgehead atoms. The first-order valence-electron chi connectivity index (χ1n) is 10.4. The van der Waals surface area contributed by atoms with Crippen LogP contribution in [0.5, 0.6) is 5.75 Å². The van der Waals surface area contributed by atoms with Crippen molar-refractivity contribution in [2.45, 2.75) is 13.0 Å². The summed E-state index contributed by atoms with van der Waals surface area (Å²) < 4.78 is 26.5. The van der Waals surface area contributed by atoms with Crippen molar-refractivity contribution in [3.63, 3.8) is 0 Å². The number of amides is 1. The topological polar surface area (TPSA) is 104 Å². The van der Waals surface area contributed by atoms with E-state index in [1.54, 1.807) is 54.5 Å². The van der Waals surface area contributed by atoms with E-state index in [1.165, 1.54) is 12.1 Å². The summed E-state index contributed by atoms with van der Waals surface area (Å²) in [5.41, 5.74) is 8.62. The molecule has 4 rings (SSSR count). The van der Waals surface area contributed by atoms with Crippen molar-refractivity contribution in [3.8, 4) is 11.4 Å². The number of carbonyl (C=O) groups is 1. The molecule has 2 aromatic carbocycles. The molecule has 170 valence electrons. The highest BCUT2D eigenvalue weighted by Gasteiger charge is 2.19. The number of anilines is 1. The van der Waals surface area contributed by atoms with Gasteiger partial charge in [0, 0.05) is 42.6 Å². The van der Waals surface area contributed by atoms with Gasteiger partial charge in [-0.3, -0.25) is 4.79 Å². The molecule has 33 heavy (non-hydrogen) atoms. The highest BCUT2D eigenvalue weighted by molar-refractivity contribution is 5.94. The Morgan fingerprint density at radius 3 is 2.85 bits per heavy atom. The van der Waals surface area contributed by atoms with Crippen molar-refractivity contribution >= 4 is 22.6 Å². The fraction of sp³-hybridized carbons (Fsp3) is 0.208. The second-order valence-electron chi connectivity index (χ2n) is 7.44. The van der Waals surface area contributed by atoms with E-state index in [0.717, 1.165) is 11.3 Å². The zero-order valence-corrected chi connectivity index (χ0v) is 18.3. The minimum Gasteiger partial charge on any atom is -0.482 e. The van der Waals surface area contributed by atoms with Gasteiger partial charge >= 0.3 is 0 Å². The summed E-state index contributed by atoms with van der Waals surface area (Å²) in [4.78, 5) is 16.9. The molecule has 2 aromatic heterocycles. The fourth-order valence-electron chi connectivity index (χ4n) is 3.50. The molecule has 2 heterocycles. The summed E-state index contributed by atoms with van der Waals surface area (Å²) in [5.74, 6) is -0.0897.